The summed E-state index contributed by atoms with van der Waals surface area (Å²) in [6, 6.07) is 8.11. The number of thiophene rings is 1. The summed E-state index contributed by atoms with van der Waals surface area (Å²) < 4.78 is 5.98. The molecule has 0 unspecified atom stereocenters. The minimum Gasteiger partial charge on any atom is -0.467 e. The molecule has 3 nitrogen and oxygen atoms in total. The number of esters is 1. The predicted octanol–water partition coefficient (Wildman–Crippen LogP) is 3.26. The van der Waals surface area contributed by atoms with E-state index in [0.29, 0.717) is 0 Å². The van der Waals surface area contributed by atoms with Crippen molar-refractivity contribution in [1.29, 1.82) is 0 Å². The Balaban J connectivity index is 2.33. The third-order valence-corrected chi connectivity index (χ3v) is 3.59. The van der Waals surface area contributed by atoms with Crippen LogP contribution in [0.15, 0.2) is 29.6 Å². The van der Waals surface area contributed by atoms with E-state index in [1.807, 2.05) is 37.4 Å². The van der Waals surface area contributed by atoms with Crippen LogP contribution in [-0.4, -0.2) is 18.6 Å². The van der Waals surface area contributed by atoms with Crippen LogP contribution >= 0.6 is 11.3 Å². The van der Waals surface area contributed by atoms with Crippen molar-refractivity contribution in [3.63, 3.8) is 0 Å². The molecule has 0 amide bonds. The first-order valence-corrected chi connectivity index (χ1v) is 6.25. The zero-order valence-electron chi connectivity index (χ0n) is 10.1. The molecule has 1 heterocycles. The SMILES string of the molecule is COC(=O)C(C)(C)Nc1csc2ccccc12. The number of anilines is 1. The number of carbonyl (C=O) groups excluding carboxylic acids is 1. The lowest BCUT2D eigenvalue weighted by Crippen LogP contribution is -2.40. The number of hydrogen-bond acceptors (Lipinski definition) is 4. The van der Waals surface area contributed by atoms with Crippen LogP contribution in [0.1, 0.15) is 13.8 Å². The fourth-order valence-corrected chi connectivity index (χ4v) is 2.61. The second-order valence-corrected chi connectivity index (χ2v) is 5.30. The van der Waals surface area contributed by atoms with Gasteiger partial charge in [0.05, 0.1) is 12.8 Å². The number of benzene rings is 1. The van der Waals surface area contributed by atoms with Crippen molar-refractivity contribution in [2.24, 2.45) is 0 Å². The Hall–Kier alpha value is -1.55. The fraction of sp³-hybridized carbons (Fsp3) is 0.308. The molecule has 0 saturated heterocycles. The van der Waals surface area contributed by atoms with Gasteiger partial charge in [-0.1, -0.05) is 18.2 Å². The molecule has 0 aliphatic rings. The summed E-state index contributed by atoms with van der Waals surface area (Å²) in [6.45, 7) is 3.62. The van der Waals surface area contributed by atoms with Crippen molar-refractivity contribution in [2.75, 3.05) is 12.4 Å². The average molecular weight is 249 g/mol. The molecule has 2 rings (SSSR count). The molecule has 0 aliphatic carbocycles. The molecule has 17 heavy (non-hydrogen) atoms. The minimum absolute atomic E-state index is 0.271. The van der Waals surface area contributed by atoms with Crippen LogP contribution in [0.2, 0.25) is 0 Å². The normalized spacial score (nSPS) is 11.5. The minimum atomic E-state index is -0.724. The van der Waals surface area contributed by atoms with Crippen molar-refractivity contribution in [2.45, 2.75) is 19.4 Å². The molecule has 90 valence electrons. The average Bonchev–Trinajstić information content (AvgIpc) is 2.71. The molecule has 0 spiro atoms. The van der Waals surface area contributed by atoms with Gasteiger partial charge in [0.15, 0.2) is 0 Å². The van der Waals surface area contributed by atoms with Gasteiger partial charge in [-0.05, 0) is 19.9 Å². The Labute approximate surface area is 104 Å². The van der Waals surface area contributed by atoms with E-state index < -0.39 is 5.54 Å². The molecule has 4 heteroatoms. The maximum Gasteiger partial charge on any atom is 0.330 e. The van der Waals surface area contributed by atoms with Crippen molar-refractivity contribution in [3.8, 4) is 0 Å². The van der Waals surface area contributed by atoms with E-state index >= 15 is 0 Å². The van der Waals surface area contributed by atoms with E-state index in [9.17, 15) is 4.79 Å². The van der Waals surface area contributed by atoms with E-state index in [4.69, 9.17) is 4.74 Å². The smallest absolute Gasteiger partial charge is 0.330 e. The van der Waals surface area contributed by atoms with Crippen LogP contribution in [0.3, 0.4) is 0 Å². The standard InChI is InChI=1S/C13H15NO2S/c1-13(2,12(15)16-3)14-10-8-17-11-7-5-4-6-9(10)11/h4-8,14H,1-3H3. The highest BCUT2D eigenvalue weighted by atomic mass is 32.1. The number of ether oxygens (including phenoxy) is 1. The summed E-state index contributed by atoms with van der Waals surface area (Å²) in [7, 11) is 1.40. The lowest BCUT2D eigenvalue weighted by atomic mass is 10.1. The molecule has 0 atom stereocenters. The second-order valence-electron chi connectivity index (χ2n) is 4.39. The number of fused-ring (bicyclic) bond motifs is 1. The number of rotatable bonds is 3. The van der Waals surface area contributed by atoms with Gasteiger partial charge in [-0.25, -0.2) is 4.79 Å². The van der Waals surface area contributed by atoms with Gasteiger partial charge in [-0.2, -0.15) is 0 Å². The molecule has 1 N–H and O–H groups in total. The van der Waals surface area contributed by atoms with Gasteiger partial charge in [0, 0.05) is 15.5 Å². The first-order chi connectivity index (χ1) is 8.04. The zero-order chi connectivity index (χ0) is 12.5. The number of hydrogen-bond donors (Lipinski definition) is 1. The van der Waals surface area contributed by atoms with Crippen molar-refractivity contribution < 1.29 is 9.53 Å². The van der Waals surface area contributed by atoms with Crippen LogP contribution < -0.4 is 5.32 Å². The van der Waals surface area contributed by atoms with Gasteiger partial charge >= 0.3 is 5.97 Å². The van der Waals surface area contributed by atoms with Crippen molar-refractivity contribution in [3.05, 3.63) is 29.6 Å². The topological polar surface area (TPSA) is 38.3 Å². The summed E-state index contributed by atoms with van der Waals surface area (Å²) in [5.74, 6) is -0.271. The lowest BCUT2D eigenvalue weighted by Gasteiger charge is -2.23. The highest BCUT2D eigenvalue weighted by molar-refractivity contribution is 7.17. The Bertz CT molecular complexity index is 545. The number of carbonyl (C=O) groups is 1. The van der Waals surface area contributed by atoms with Crippen LogP contribution in [0.25, 0.3) is 10.1 Å². The van der Waals surface area contributed by atoms with E-state index in [0.717, 1.165) is 11.1 Å². The lowest BCUT2D eigenvalue weighted by molar-refractivity contribution is -0.144. The van der Waals surface area contributed by atoms with Gasteiger partial charge in [0.25, 0.3) is 0 Å². The van der Waals surface area contributed by atoms with Crippen LogP contribution in [0.4, 0.5) is 5.69 Å². The van der Waals surface area contributed by atoms with E-state index in [1.54, 1.807) is 11.3 Å². The molecular formula is C13H15NO2S. The molecule has 2 aromatic rings. The summed E-state index contributed by atoms with van der Waals surface area (Å²) in [5.41, 5.74) is 0.250. The zero-order valence-corrected chi connectivity index (χ0v) is 10.9. The Morgan fingerprint density at radius 3 is 2.76 bits per heavy atom. The van der Waals surface area contributed by atoms with Crippen LogP contribution in [0, 0.1) is 0 Å². The molecule has 0 aliphatic heterocycles. The highest BCUT2D eigenvalue weighted by Gasteiger charge is 2.29. The predicted molar refractivity (Wildman–Crippen MR) is 71.5 cm³/mol. The molecule has 0 radical (unpaired) electrons. The van der Waals surface area contributed by atoms with Gasteiger partial charge in [0.1, 0.15) is 5.54 Å². The van der Waals surface area contributed by atoms with Gasteiger partial charge in [-0.3, -0.25) is 0 Å². The Kier molecular flexibility index (Phi) is 3.07. The van der Waals surface area contributed by atoms with E-state index in [-0.39, 0.29) is 5.97 Å². The summed E-state index contributed by atoms with van der Waals surface area (Å²) in [4.78, 5) is 11.6. The van der Waals surface area contributed by atoms with Gasteiger partial charge in [-0.15, -0.1) is 11.3 Å². The van der Waals surface area contributed by atoms with Crippen LogP contribution in [0.5, 0.6) is 0 Å². The number of methoxy groups -OCH3 is 1. The first kappa shape index (κ1) is 11.9. The van der Waals surface area contributed by atoms with E-state index in [1.165, 1.54) is 11.8 Å². The summed E-state index contributed by atoms with van der Waals surface area (Å²) >= 11 is 1.66. The fourth-order valence-electron chi connectivity index (χ4n) is 1.72. The highest BCUT2D eigenvalue weighted by Crippen LogP contribution is 2.31. The molecule has 1 aromatic carbocycles. The molecule has 0 saturated carbocycles. The molecular weight excluding hydrogens is 234 g/mol. The monoisotopic (exact) mass is 249 g/mol. The molecule has 0 fully saturated rings. The summed E-state index contributed by atoms with van der Waals surface area (Å²) in [6.07, 6.45) is 0. The van der Waals surface area contributed by atoms with Crippen LogP contribution in [-0.2, 0) is 9.53 Å². The quantitative estimate of drug-likeness (QED) is 0.848. The Morgan fingerprint density at radius 1 is 1.35 bits per heavy atom. The second kappa shape index (κ2) is 4.37. The van der Waals surface area contributed by atoms with Crippen molar-refractivity contribution in [1.82, 2.24) is 0 Å². The maximum atomic E-state index is 11.6. The molecule has 1 aromatic heterocycles. The largest absolute Gasteiger partial charge is 0.467 e. The first-order valence-electron chi connectivity index (χ1n) is 5.37. The third-order valence-electron chi connectivity index (χ3n) is 2.62. The van der Waals surface area contributed by atoms with Gasteiger partial charge < -0.3 is 10.1 Å². The molecule has 0 bridgehead atoms. The maximum absolute atomic E-state index is 11.6. The van der Waals surface area contributed by atoms with Crippen molar-refractivity contribution >= 4 is 33.1 Å². The number of nitrogens with one attached hydrogen (secondary N) is 1. The van der Waals surface area contributed by atoms with E-state index in [2.05, 4.69) is 11.4 Å². The van der Waals surface area contributed by atoms with Gasteiger partial charge in [0.2, 0.25) is 0 Å². The Morgan fingerprint density at radius 2 is 2.06 bits per heavy atom. The third kappa shape index (κ3) is 2.26. The summed E-state index contributed by atoms with van der Waals surface area (Å²) in [5, 5.41) is 6.38.